The molecule has 1 atom stereocenters. The maximum absolute atomic E-state index is 8.75. The molecule has 1 aromatic rings. The van der Waals surface area contributed by atoms with Crippen molar-refractivity contribution in [2.24, 2.45) is 5.73 Å². The fourth-order valence-corrected chi connectivity index (χ4v) is 1.56. The van der Waals surface area contributed by atoms with Crippen LogP contribution in [0.3, 0.4) is 0 Å². The largest absolute Gasteiger partial charge is 0.497 e. The zero-order valence-electron chi connectivity index (χ0n) is 10.2. The van der Waals surface area contributed by atoms with E-state index in [0.29, 0.717) is 18.0 Å². The van der Waals surface area contributed by atoms with Gasteiger partial charge in [0.25, 0.3) is 0 Å². The number of aliphatic hydroxyl groups is 1. The van der Waals surface area contributed by atoms with E-state index in [1.54, 1.807) is 20.3 Å². The molecule has 17 heavy (non-hydrogen) atoms. The zero-order chi connectivity index (χ0) is 12.7. The van der Waals surface area contributed by atoms with Gasteiger partial charge in [-0.1, -0.05) is 0 Å². The highest BCUT2D eigenvalue weighted by molar-refractivity contribution is 5.42. The number of hydrogen-bond acceptors (Lipinski definition) is 5. The first kappa shape index (κ1) is 13.8. The molecular formula is C12H19NO4. The maximum Gasteiger partial charge on any atom is 0.128 e. The van der Waals surface area contributed by atoms with Crippen molar-refractivity contribution in [3.8, 4) is 11.5 Å². The molecule has 0 bridgehead atoms. The van der Waals surface area contributed by atoms with Gasteiger partial charge in [-0.25, -0.2) is 0 Å². The summed E-state index contributed by atoms with van der Waals surface area (Å²) in [5, 5.41) is 8.75. The van der Waals surface area contributed by atoms with Gasteiger partial charge < -0.3 is 25.1 Å². The Kier molecular flexibility index (Phi) is 5.76. The number of rotatable bonds is 7. The highest BCUT2D eigenvalue weighted by Gasteiger charge is 2.15. The predicted octanol–water partition coefficient (Wildman–Crippen LogP) is 0.712. The monoisotopic (exact) mass is 241 g/mol. The van der Waals surface area contributed by atoms with Crippen molar-refractivity contribution in [1.82, 2.24) is 0 Å². The molecule has 3 N–H and O–H groups in total. The second-order valence-electron chi connectivity index (χ2n) is 3.43. The van der Waals surface area contributed by atoms with Crippen molar-refractivity contribution in [2.45, 2.75) is 6.10 Å². The minimum absolute atomic E-state index is 0.0328. The fraction of sp³-hybridized carbons (Fsp3) is 0.500. The van der Waals surface area contributed by atoms with E-state index in [1.807, 2.05) is 12.1 Å². The van der Waals surface area contributed by atoms with Gasteiger partial charge in [0, 0.05) is 18.2 Å². The summed E-state index contributed by atoms with van der Waals surface area (Å²) in [5.41, 5.74) is 6.50. The molecule has 0 aliphatic heterocycles. The van der Waals surface area contributed by atoms with Crippen LogP contribution in [0.5, 0.6) is 11.5 Å². The molecule has 0 spiro atoms. The van der Waals surface area contributed by atoms with E-state index in [0.717, 1.165) is 5.56 Å². The molecule has 1 rings (SSSR count). The molecule has 0 heterocycles. The van der Waals surface area contributed by atoms with Crippen molar-refractivity contribution >= 4 is 0 Å². The van der Waals surface area contributed by atoms with Crippen molar-refractivity contribution in [3.63, 3.8) is 0 Å². The van der Waals surface area contributed by atoms with Crippen LogP contribution in [0.25, 0.3) is 0 Å². The van der Waals surface area contributed by atoms with Crippen LogP contribution in [0, 0.1) is 0 Å². The Balaban J connectivity index is 2.93. The molecule has 0 saturated heterocycles. The van der Waals surface area contributed by atoms with Crippen LogP contribution in [-0.4, -0.2) is 39.1 Å². The minimum Gasteiger partial charge on any atom is -0.497 e. The van der Waals surface area contributed by atoms with Gasteiger partial charge in [0.15, 0.2) is 0 Å². The van der Waals surface area contributed by atoms with Crippen LogP contribution in [0.4, 0.5) is 0 Å². The predicted molar refractivity (Wildman–Crippen MR) is 64.4 cm³/mol. The zero-order valence-corrected chi connectivity index (χ0v) is 10.2. The van der Waals surface area contributed by atoms with E-state index in [4.69, 9.17) is 25.1 Å². The van der Waals surface area contributed by atoms with Crippen LogP contribution in [0.15, 0.2) is 18.2 Å². The third kappa shape index (κ3) is 3.59. The van der Waals surface area contributed by atoms with Gasteiger partial charge in [-0.3, -0.25) is 0 Å². The molecule has 0 aliphatic rings. The summed E-state index contributed by atoms with van der Waals surface area (Å²) < 4.78 is 15.8. The lowest BCUT2D eigenvalue weighted by atomic mass is 10.1. The highest BCUT2D eigenvalue weighted by atomic mass is 16.5. The standard InChI is InChI=1S/C12H19NO4/c1-15-9-3-4-10(11(7-9)16-2)12(8-13)17-6-5-14/h3-4,7,12,14H,5-6,8,13H2,1-2H3. The number of methoxy groups -OCH3 is 2. The molecule has 5 heteroatoms. The Morgan fingerprint density at radius 2 is 2.06 bits per heavy atom. The smallest absolute Gasteiger partial charge is 0.128 e. The van der Waals surface area contributed by atoms with Crippen LogP contribution in [0.1, 0.15) is 11.7 Å². The summed E-state index contributed by atoms with van der Waals surface area (Å²) in [7, 11) is 3.18. The molecule has 1 unspecified atom stereocenters. The van der Waals surface area contributed by atoms with Crippen LogP contribution >= 0.6 is 0 Å². The van der Waals surface area contributed by atoms with Crippen LogP contribution in [0.2, 0.25) is 0 Å². The SMILES string of the molecule is COc1ccc(C(CN)OCCO)c(OC)c1. The number of ether oxygens (including phenoxy) is 3. The lowest BCUT2D eigenvalue weighted by Crippen LogP contribution is -2.18. The molecule has 0 saturated carbocycles. The Hall–Kier alpha value is -1.30. The first-order valence-electron chi connectivity index (χ1n) is 5.41. The Bertz CT molecular complexity index is 343. The fourth-order valence-electron chi connectivity index (χ4n) is 1.56. The number of nitrogens with two attached hydrogens (primary N) is 1. The first-order chi connectivity index (χ1) is 8.26. The van der Waals surface area contributed by atoms with Crippen molar-refractivity contribution in [3.05, 3.63) is 23.8 Å². The Morgan fingerprint density at radius 3 is 2.59 bits per heavy atom. The van der Waals surface area contributed by atoms with E-state index >= 15 is 0 Å². The molecule has 0 amide bonds. The number of aliphatic hydroxyl groups excluding tert-OH is 1. The van der Waals surface area contributed by atoms with Gasteiger partial charge in [-0.15, -0.1) is 0 Å². The van der Waals surface area contributed by atoms with Gasteiger partial charge in [-0.05, 0) is 12.1 Å². The highest BCUT2D eigenvalue weighted by Crippen LogP contribution is 2.30. The van der Waals surface area contributed by atoms with Gasteiger partial charge in [0.1, 0.15) is 11.5 Å². The van der Waals surface area contributed by atoms with Gasteiger partial charge in [0.05, 0.1) is 33.5 Å². The molecule has 0 aromatic heterocycles. The maximum atomic E-state index is 8.75. The summed E-state index contributed by atoms with van der Waals surface area (Å²) in [6.45, 7) is 0.536. The topological polar surface area (TPSA) is 73.9 Å². The summed E-state index contributed by atoms with van der Waals surface area (Å²) in [4.78, 5) is 0. The van der Waals surface area contributed by atoms with Crippen molar-refractivity contribution in [1.29, 1.82) is 0 Å². The summed E-state index contributed by atoms with van der Waals surface area (Å²) in [6.07, 6.45) is -0.289. The molecule has 96 valence electrons. The Labute approximate surface area is 101 Å². The van der Waals surface area contributed by atoms with Crippen molar-refractivity contribution < 1.29 is 19.3 Å². The summed E-state index contributed by atoms with van der Waals surface area (Å²) in [6, 6.07) is 5.45. The third-order valence-electron chi connectivity index (χ3n) is 2.41. The molecule has 1 aromatic carbocycles. The van der Waals surface area contributed by atoms with E-state index in [1.165, 1.54) is 0 Å². The average Bonchev–Trinajstić information content (AvgIpc) is 2.39. The summed E-state index contributed by atoms with van der Waals surface area (Å²) in [5.74, 6) is 1.38. The van der Waals surface area contributed by atoms with E-state index in [2.05, 4.69) is 0 Å². The van der Waals surface area contributed by atoms with E-state index in [9.17, 15) is 0 Å². The first-order valence-corrected chi connectivity index (χ1v) is 5.41. The van der Waals surface area contributed by atoms with Gasteiger partial charge in [-0.2, -0.15) is 0 Å². The average molecular weight is 241 g/mol. The Morgan fingerprint density at radius 1 is 1.29 bits per heavy atom. The molecule has 0 aliphatic carbocycles. The molecule has 0 radical (unpaired) electrons. The lowest BCUT2D eigenvalue weighted by Gasteiger charge is -2.19. The van der Waals surface area contributed by atoms with Crippen molar-refractivity contribution in [2.75, 3.05) is 34.0 Å². The third-order valence-corrected chi connectivity index (χ3v) is 2.41. The van der Waals surface area contributed by atoms with E-state index < -0.39 is 0 Å². The van der Waals surface area contributed by atoms with Crippen LogP contribution < -0.4 is 15.2 Å². The summed E-state index contributed by atoms with van der Waals surface area (Å²) >= 11 is 0. The van der Waals surface area contributed by atoms with Gasteiger partial charge in [0.2, 0.25) is 0 Å². The number of hydrogen-bond donors (Lipinski definition) is 2. The molecule has 0 fully saturated rings. The molecular weight excluding hydrogens is 222 g/mol. The van der Waals surface area contributed by atoms with Crippen LogP contribution in [-0.2, 0) is 4.74 Å². The minimum atomic E-state index is -0.289. The second-order valence-corrected chi connectivity index (χ2v) is 3.43. The van der Waals surface area contributed by atoms with E-state index in [-0.39, 0.29) is 19.3 Å². The lowest BCUT2D eigenvalue weighted by molar-refractivity contribution is 0.0316. The number of benzene rings is 1. The van der Waals surface area contributed by atoms with Gasteiger partial charge >= 0.3 is 0 Å². The normalized spacial score (nSPS) is 12.2. The second kappa shape index (κ2) is 7.11. The molecule has 5 nitrogen and oxygen atoms in total. The quantitative estimate of drug-likeness (QED) is 0.735.